The number of benzene rings is 1. The van der Waals surface area contributed by atoms with E-state index in [4.69, 9.17) is 19.2 Å². The van der Waals surface area contributed by atoms with Gasteiger partial charge in [0, 0.05) is 36.3 Å². The normalized spacial score (nSPS) is 16.2. The summed E-state index contributed by atoms with van der Waals surface area (Å²) < 4.78 is 16.7. The monoisotopic (exact) mass is 509 g/mol. The van der Waals surface area contributed by atoms with Gasteiger partial charge in [0.1, 0.15) is 0 Å². The Bertz CT molecular complexity index is 596. The lowest BCUT2D eigenvalue weighted by Gasteiger charge is -2.34. The Morgan fingerprint density at radius 2 is 2.00 bits per heavy atom. The van der Waals surface area contributed by atoms with Crippen LogP contribution in [0.25, 0.3) is 0 Å². The van der Waals surface area contributed by atoms with Crippen molar-refractivity contribution in [3.63, 3.8) is 0 Å². The summed E-state index contributed by atoms with van der Waals surface area (Å²) in [6, 6.07) is 5.81. The molecule has 0 aromatic heterocycles. The molecule has 1 aliphatic rings. The molecule has 0 spiro atoms. The van der Waals surface area contributed by atoms with Gasteiger partial charge < -0.3 is 24.8 Å². The second-order valence-corrected chi connectivity index (χ2v) is 7.39. The summed E-state index contributed by atoms with van der Waals surface area (Å²) in [5, 5.41) is 6.69. The van der Waals surface area contributed by atoms with Gasteiger partial charge in [-0.2, -0.15) is 11.8 Å². The van der Waals surface area contributed by atoms with Crippen molar-refractivity contribution in [3.05, 3.63) is 18.2 Å². The van der Waals surface area contributed by atoms with Crippen LogP contribution in [0.5, 0.6) is 11.5 Å². The molecule has 0 saturated carbocycles. The van der Waals surface area contributed by atoms with Crippen LogP contribution in [0.4, 0.5) is 5.69 Å². The van der Waals surface area contributed by atoms with Crippen LogP contribution in [0.2, 0.25) is 0 Å². The van der Waals surface area contributed by atoms with Crippen molar-refractivity contribution in [3.8, 4) is 11.5 Å². The second kappa shape index (κ2) is 12.6. The molecule has 1 saturated heterocycles. The zero-order valence-corrected chi connectivity index (χ0v) is 19.8. The van der Waals surface area contributed by atoms with Gasteiger partial charge in [0.15, 0.2) is 17.5 Å². The van der Waals surface area contributed by atoms with E-state index in [1.54, 1.807) is 7.11 Å². The molecule has 0 amide bonds. The molecule has 0 aliphatic carbocycles. The number of methoxy groups -OCH3 is 1. The van der Waals surface area contributed by atoms with Crippen molar-refractivity contribution < 1.29 is 14.2 Å². The summed E-state index contributed by atoms with van der Waals surface area (Å²) in [5.41, 5.74) is 0.916. The topological polar surface area (TPSA) is 64.1 Å². The van der Waals surface area contributed by atoms with Crippen molar-refractivity contribution in [2.75, 3.05) is 51.6 Å². The van der Waals surface area contributed by atoms with Crippen molar-refractivity contribution in [1.29, 1.82) is 0 Å². The number of aliphatic imine (C=N–C) groups is 1. The first-order valence-corrected chi connectivity index (χ1v) is 10.4. The lowest BCUT2D eigenvalue weighted by atomic mass is 9.99. The average Bonchev–Trinajstić information content (AvgIpc) is 2.67. The van der Waals surface area contributed by atoms with E-state index in [-0.39, 0.29) is 28.7 Å². The van der Waals surface area contributed by atoms with E-state index in [1.165, 1.54) is 0 Å². The van der Waals surface area contributed by atoms with Gasteiger partial charge in [0.25, 0.3) is 0 Å². The molecule has 0 bridgehead atoms. The smallest absolute Gasteiger partial charge is 0.195 e. The summed E-state index contributed by atoms with van der Waals surface area (Å²) in [4.78, 5) is 4.84. The number of nitrogens with one attached hydrogen (secondary N) is 2. The minimum atomic E-state index is 0. The number of hydrogen-bond acceptors (Lipinski definition) is 5. The van der Waals surface area contributed by atoms with E-state index in [0.29, 0.717) is 6.61 Å². The Balaban J connectivity index is 0.00000364. The third-order valence-corrected chi connectivity index (χ3v) is 5.84. The van der Waals surface area contributed by atoms with E-state index in [9.17, 15) is 0 Å². The second-order valence-electron chi connectivity index (χ2n) is 6.12. The maximum absolute atomic E-state index is 5.66. The average molecular weight is 509 g/mol. The lowest BCUT2D eigenvalue weighted by Crippen LogP contribution is -2.38. The predicted octanol–water partition coefficient (Wildman–Crippen LogP) is 4.00. The van der Waals surface area contributed by atoms with E-state index >= 15 is 0 Å². The van der Waals surface area contributed by atoms with Crippen LogP contribution in [-0.4, -0.2) is 57.0 Å². The van der Waals surface area contributed by atoms with E-state index in [1.807, 2.05) is 36.9 Å². The highest BCUT2D eigenvalue weighted by Gasteiger charge is 2.31. The molecule has 27 heavy (non-hydrogen) atoms. The van der Waals surface area contributed by atoms with Gasteiger partial charge in [0.2, 0.25) is 0 Å². The van der Waals surface area contributed by atoms with Crippen LogP contribution in [0.1, 0.15) is 26.7 Å². The summed E-state index contributed by atoms with van der Waals surface area (Å²) in [5.74, 6) is 2.23. The molecule has 8 heteroatoms. The molecule has 2 rings (SSSR count). The zero-order valence-electron chi connectivity index (χ0n) is 16.7. The minimum Gasteiger partial charge on any atom is -0.493 e. The van der Waals surface area contributed by atoms with Crippen LogP contribution in [0, 0.1) is 0 Å². The summed E-state index contributed by atoms with van der Waals surface area (Å²) in [6.07, 6.45) is 4.24. The van der Waals surface area contributed by atoms with Gasteiger partial charge in [-0.15, -0.1) is 24.0 Å². The van der Waals surface area contributed by atoms with E-state index in [0.717, 1.165) is 62.3 Å². The summed E-state index contributed by atoms with van der Waals surface area (Å²) in [6.45, 7) is 7.81. The molecule has 0 radical (unpaired) electrons. The molecule has 0 unspecified atom stereocenters. The molecule has 1 aromatic carbocycles. The Morgan fingerprint density at radius 3 is 2.59 bits per heavy atom. The lowest BCUT2D eigenvalue weighted by molar-refractivity contribution is 0.0794. The highest BCUT2D eigenvalue weighted by Crippen LogP contribution is 2.34. The Labute approximate surface area is 184 Å². The van der Waals surface area contributed by atoms with Crippen LogP contribution in [0.3, 0.4) is 0 Å². The van der Waals surface area contributed by atoms with Crippen molar-refractivity contribution in [1.82, 2.24) is 5.32 Å². The van der Waals surface area contributed by atoms with Crippen LogP contribution >= 0.6 is 35.7 Å². The molecule has 1 fully saturated rings. The summed E-state index contributed by atoms with van der Waals surface area (Å²) >= 11 is 1.89. The van der Waals surface area contributed by atoms with Crippen LogP contribution in [-0.2, 0) is 4.74 Å². The Morgan fingerprint density at radius 1 is 1.26 bits per heavy atom. The molecule has 1 heterocycles. The number of ether oxygens (including phenoxy) is 3. The van der Waals surface area contributed by atoms with E-state index < -0.39 is 0 Å². The number of rotatable bonds is 8. The Hall–Kier alpha value is -0.870. The molecule has 6 nitrogen and oxygen atoms in total. The third-order valence-electron chi connectivity index (χ3n) is 4.43. The molecule has 1 aromatic rings. The van der Waals surface area contributed by atoms with Crippen molar-refractivity contribution in [2.45, 2.75) is 31.4 Å². The largest absolute Gasteiger partial charge is 0.493 e. The molecule has 154 valence electrons. The molecule has 0 atom stereocenters. The first-order chi connectivity index (χ1) is 12.7. The summed E-state index contributed by atoms with van der Waals surface area (Å²) in [7, 11) is 1.65. The third kappa shape index (κ3) is 7.23. The zero-order chi connectivity index (χ0) is 18.8. The fourth-order valence-electron chi connectivity index (χ4n) is 2.86. The highest BCUT2D eigenvalue weighted by molar-refractivity contribution is 14.0. The quantitative estimate of drug-likeness (QED) is 0.314. The van der Waals surface area contributed by atoms with Crippen molar-refractivity contribution in [2.24, 2.45) is 4.99 Å². The minimum absolute atomic E-state index is 0. The highest BCUT2D eigenvalue weighted by atomic mass is 127. The van der Waals surface area contributed by atoms with Crippen molar-refractivity contribution >= 4 is 47.4 Å². The van der Waals surface area contributed by atoms with Gasteiger partial charge in [-0.25, -0.2) is 0 Å². The van der Waals surface area contributed by atoms with E-state index in [2.05, 4.69) is 23.8 Å². The van der Waals surface area contributed by atoms with Gasteiger partial charge in [-0.1, -0.05) is 0 Å². The fraction of sp³-hybridized carbons (Fsp3) is 0.632. The standard InChI is InChI=1S/C19H31N3O3S.HI/c1-5-20-18(21-14-19(26-4)9-11-24-12-10-19)22-15-7-8-16(23-3)17(13-15)25-6-2;/h7-8,13H,5-6,9-12,14H2,1-4H3,(H2,20,21,22);1H. The van der Waals surface area contributed by atoms with Crippen LogP contribution in [0.15, 0.2) is 23.2 Å². The van der Waals surface area contributed by atoms with Gasteiger partial charge in [0.05, 0.1) is 20.3 Å². The number of hydrogen-bond donors (Lipinski definition) is 2. The number of guanidine groups is 1. The molecular weight excluding hydrogens is 477 g/mol. The van der Waals surface area contributed by atoms with Gasteiger partial charge in [-0.3, -0.25) is 4.99 Å². The molecular formula is C19H32IN3O3S. The van der Waals surface area contributed by atoms with Gasteiger partial charge in [-0.05, 0) is 45.1 Å². The van der Waals surface area contributed by atoms with Crippen LogP contribution < -0.4 is 20.1 Å². The maximum Gasteiger partial charge on any atom is 0.195 e. The number of halogens is 1. The maximum atomic E-state index is 5.66. The van der Waals surface area contributed by atoms with Gasteiger partial charge >= 0.3 is 0 Å². The number of anilines is 1. The molecule has 1 aliphatic heterocycles. The number of thioether (sulfide) groups is 1. The fourth-order valence-corrected chi connectivity index (χ4v) is 3.63. The number of nitrogens with zero attached hydrogens (tertiary/aromatic N) is 1. The first-order valence-electron chi connectivity index (χ1n) is 9.15. The Kier molecular flexibility index (Phi) is 11.2. The SMILES string of the molecule is CCNC(=NCC1(SC)CCOCC1)Nc1ccc(OC)c(OCC)c1.I. The molecule has 2 N–H and O–H groups in total. The predicted molar refractivity (Wildman–Crippen MR) is 125 cm³/mol. The first kappa shape index (κ1) is 24.2.